The normalized spacial score (nSPS) is 12.7. The summed E-state index contributed by atoms with van der Waals surface area (Å²) in [6.45, 7) is 0. The Balaban J connectivity index is 0.902. The van der Waals surface area contributed by atoms with E-state index in [1.54, 1.807) is 0 Å². The van der Waals surface area contributed by atoms with Crippen molar-refractivity contribution in [2.75, 3.05) is 0 Å². The molecule has 0 fully saturated rings. The molecular weight excluding hydrogens is 843 g/mol. The Hall–Kier alpha value is -9.19. The summed E-state index contributed by atoms with van der Waals surface area (Å²) in [5.74, 6) is 4.37. The highest BCUT2D eigenvalue weighted by Crippen LogP contribution is 2.60. The van der Waals surface area contributed by atoms with E-state index in [4.69, 9.17) is 24.4 Å². The third-order valence-corrected chi connectivity index (χ3v) is 13.5. The maximum absolute atomic E-state index is 6.95. The molecule has 5 nitrogen and oxygen atoms in total. The fourth-order valence-corrected chi connectivity index (χ4v) is 10.3. The third-order valence-electron chi connectivity index (χ3n) is 13.5. The van der Waals surface area contributed by atoms with Crippen LogP contribution in [0.4, 0.5) is 0 Å². The molecule has 69 heavy (non-hydrogen) atoms. The number of rotatable bonds is 8. The zero-order chi connectivity index (χ0) is 45.7. The van der Waals surface area contributed by atoms with Crippen molar-refractivity contribution in [1.82, 2.24) is 15.0 Å². The Bertz CT molecular complexity index is 3550. The lowest BCUT2D eigenvalue weighted by atomic mass is 9.67. The zero-order valence-electron chi connectivity index (χ0n) is 37.3. The molecule has 10 aromatic carbocycles. The Labute approximate surface area is 400 Å². The molecule has 1 aromatic heterocycles. The van der Waals surface area contributed by atoms with E-state index >= 15 is 0 Å². The van der Waals surface area contributed by atoms with Gasteiger partial charge >= 0.3 is 0 Å². The molecule has 2 aliphatic rings. The molecule has 324 valence electrons. The van der Waals surface area contributed by atoms with Crippen LogP contribution in [0.2, 0.25) is 0 Å². The third kappa shape index (κ3) is 6.90. The summed E-state index contributed by atoms with van der Waals surface area (Å²) in [4.78, 5) is 15.5. The van der Waals surface area contributed by atoms with Crippen molar-refractivity contribution >= 4 is 0 Å². The number of hydrogen-bond acceptors (Lipinski definition) is 5. The molecule has 0 amide bonds. The Kier molecular flexibility index (Phi) is 9.65. The van der Waals surface area contributed by atoms with Crippen molar-refractivity contribution in [3.63, 3.8) is 0 Å². The molecule has 1 aliphatic heterocycles. The van der Waals surface area contributed by atoms with Crippen molar-refractivity contribution in [3.8, 4) is 102 Å². The number of fused-ring (bicyclic) bond motifs is 5. The van der Waals surface area contributed by atoms with Crippen LogP contribution in [0.1, 0.15) is 22.3 Å². The van der Waals surface area contributed by atoms with Gasteiger partial charge in [0.25, 0.3) is 0 Å². The van der Waals surface area contributed by atoms with Gasteiger partial charge in [0, 0.05) is 16.7 Å². The first kappa shape index (κ1) is 40.1. The van der Waals surface area contributed by atoms with Gasteiger partial charge in [0.15, 0.2) is 40.5 Å². The highest BCUT2D eigenvalue weighted by atomic mass is 16.6. The monoisotopic (exact) mass is 883 g/mol. The number of benzene rings is 10. The first-order valence-corrected chi connectivity index (χ1v) is 23.2. The van der Waals surface area contributed by atoms with Gasteiger partial charge in [-0.3, -0.25) is 0 Å². The van der Waals surface area contributed by atoms with Gasteiger partial charge in [-0.1, -0.05) is 224 Å². The van der Waals surface area contributed by atoms with Gasteiger partial charge in [0.2, 0.25) is 0 Å². The van der Waals surface area contributed by atoms with E-state index in [1.807, 2.05) is 30.3 Å². The van der Waals surface area contributed by atoms with Gasteiger partial charge in [-0.2, -0.15) is 0 Å². The molecule has 0 saturated heterocycles. The largest absolute Gasteiger partial charge is 0.449 e. The van der Waals surface area contributed by atoms with Crippen LogP contribution in [0.25, 0.3) is 78.7 Å². The lowest BCUT2D eigenvalue weighted by molar-refractivity contribution is 0.359. The molecular formula is C64H41N3O2. The molecule has 11 aromatic rings. The lowest BCUT2D eigenvalue weighted by Crippen LogP contribution is -2.28. The summed E-state index contributed by atoms with van der Waals surface area (Å²) in [5, 5.41) is 0. The molecule has 0 unspecified atom stereocenters. The topological polar surface area (TPSA) is 57.1 Å². The summed E-state index contributed by atoms with van der Waals surface area (Å²) in [7, 11) is 0. The van der Waals surface area contributed by atoms with Crippen molar-refractivity contribution in [2.24, 2.45) is 0 Å². The Morgan fingerprint density at radius 2 is 0.652 bits per heavy atom. The first-order valence-electron chi connectivity index (χ1n) is 23.2. The Morgan fingerprint density at radius 1 is 0.246 bits per heavy atom. The molecule has 0 radical (unpaired) electrons. The number of nitrogens with zero attached hydrogens (tertiary/aromatic N) is 3. The number of aromatic nitrogens is 3. The van der Waals surface area contributed by atoms with Gasteiger partial charge in [0.1, 0.15) is 0 Å². The number of ether oxygens (including phenoxy) is 2. The van der Waals surface area contributed by atoms with Gasteiger partial charge in [-0.05, 0) is 91.0 Å². The van der Waals surface area contributed by atoms with E-state index in [0.717, 1.165) is 61.2 Å². The maximum atomic E-state index is 6.95. The second kappa shape index (κ2) is 16.6. The van der Waals surface area contributed by atoms with Crippen LogP contribution >= 0.6 is 0 Å². The van der Waals surface area contributed by atoms with E-state index < -0.39 is 5.41 Å². The van der Waals surface area contributed by atoms with E-state index in [1.165, 1.54) is 22.3 Å². The van der Waals surface area contributed by atoms with Crippen LogP contribution in [0.5, 0.6) is 23.0 Å². The minimum absolute atomic E-state index is 0.565. The summed E-state index contributed by atoms with van der Waals surface area (Å²) in [6.07, 6.45) is 0. The van der Waals surface area contributed by atoms with Crippen LogP contribution in [-0.4, -0.2) is 15.0 Å². The molecule has 0 saturated carbocycles. The molecule has 5 heteroatoms. The number of hydrogen-bond donors (Lipinski definition) is 0. The molecule has 0 spiro atoms. The second-order valence-electron chi connectivity index (χ2n) is 17.5. The molecule has 0 atom stereocenters. The van der Waals surface area contributed by atoms with Gasteiger partial charge in [0.05, 0.1) is 5.41 Å². The lowest BCUT2D eigenvalue weighted by Gasteiger charge is -2.34. The van der Waals surface area contributed by atoms with E-state index in [2.05, 4.69) is 218 Å². The van der Waals surface area contributed by atoms with Crippen molar-refractivity contribution in [2.45, 2.75) is 5.41 Å². The predicted octanol–water partition coefficient (Wildman–Crippen LogP) is 16.1. The fourth-order valence-electron chi connectivity index (χ4n) is 10.3. The minimum atomic E-state index is -0.565. The van der Waals surface area contributed by atoms with Crippen LogP contribution < -0.4 is 9.47 Å². The van der Waals surface area contributed by atoms with Crippen LogP contribution in [0.3, 0.4) is 0 Å². The summed E-state index contributed by atoms with van der Waals surface area (Å²) >= 11 is 0. The van der Waals surface area contributed by atoms with Crippen molar-refractivity contribution in [1.29, 1.82) is 0 Å². The smallest absolute Gasteiger partial charge is 0.170 e. The molecule has 0 bridgehead atoms. The van der Waals surface area contributed by atoms with E-state index in [0.29, 0.717) is 40.5 Å². The summed E-state index contributed by atoms with van der Waals surface area (Å²) < 4.78 is 13.7. The van der Waals surface area contributed by atoms with Gasteiger partial charge in [-0.15, -0.1) is 0 Å². The van der Waals surface area contributed by atoms with Crippen LogP contribution in [0.15, 0.2) is 249 Å². The standard InChI is InChI=1S/C64H41N3O2/c1-5-17-42(18-6-1)44-29-33-46(34-30-44)61-65-62(47-35-31-45(32-36-47)43-19-7-2-8-20-43)67-63(66-61)53-27-14-13-25-51(53)48-37-38-57-58(39-48)69-60-41-56-54(40-59(60)68-57)52-26-15-16-28-55(52)64(56,49-21-9-3-10-22-49)50-23-11-4-12-24-50/h1-41H. The van der Waals surface area contributed by atoms with Crippen LogP contribution in [-0.2, 0) is 5.41 Å². The minimum Gasteiger partial charge on any atom is -0.449 e. The quantitative estimate of drug-likeness (QED) is 0.152. The highest BCUT2D eigenvalue weighted by molar-refractivity contribution is 5.89. The first-order chi connectivity index (χ1) is 34.2. The zero-order valence-corrected chi connectivity index (χ0v) is 37.3. The van der Waals surface area contributed by atoms with Crippen molar-refractivity contribution in [3.05, 3.63) is 271 Å². The fraction of sp³-hybridized carbons (Fsp3) is 0.0156. The highest BCUT2D eigenvalue weighted by Gasteiger charge is 2.47. The molecule has 13 rings (SSSR count). The summed E-state index contributed by atoms with van der Waals surface area (Å²) in [6, 6.07) is 86.7. The SMILES string of the molecule is c1ccc(-c2ccc(-c3nc(-c4ccc(-c5ccccc5)cc4)nc(-c4ccccc4-c4ccc5c(c4)Oc4cc6c(cc4O5)-c4ccccc4C6(c4ccccc4)c4ccccc4)n3)cc2)cc1. The van der Waals surface area contributed by atoms with Gasteiger partial charge < -0.3 is 9.47 Å². The average Bonchev–Trinajstić information content (AvgIpc) is 3.72. The van der Waals surface area contributed by atoms with E-state index in [9.17, 15) is 0 Å². The predicted molar refractivity (Wildman–Crippen MR) is 276 cm³/mol. The average molecular weight is 884 g/mol. The van der Waals surface area contributed by atoms with Crippen molar-refractivity contribution < 1.29 is 9.47 Å². The maximum Gasteiger partial charge on any atom is 0.170 e. The Morgan fingerprint density at radius 3 is 1.23 bits per heavy atom. The molecule has 2 heterocycles. The molecule has 1 aliphatic carbocycles. The van der Waals surface area contributed by atoms with E-state index in [-0.39, 0.29) is 0 Å². The van der Waals surface area contributed by atoms with Gasteiger partial charge in [-0.25, -0.2) is 15.0 Å². The molecule has 0 N–H and O–H groups in total. The summed E-state index contributed by atoms with van der Waals surface area (Å²) in [5.41, 5.74) is 15.6. The second-order valence-corrected chi connectivity index (χ2v) is 17.5. The van der Waals surface area contributed by atoms with Crippen LogP contribution in [0, 0.1) is 0 Å².